The molecule has 2 N–H and O–H groups in total. The molecule has 1 atom stereocenters. The van der Waals surface area contributed by atoms with Crippen LogP contribution in [-0.2, 0) is 11.2 Å². The average molecular weight is 293 g/mol. The highest BCUT2D eigenvalue weighted by Gasteiger charge is 2.40. The van der Waals surface area contributed by atoms with Crippen LogP contribution in [0.3, 0.4) is 0 Å². The van der Waals surface area contributed by atoms with Gasteiger partial charge in [-0.2, -0.15) is 0 Å². The van der Waals surface area contributed by atoms with Gasteiger partial charge in [0.05, 0.1) is 12.2 Å². The number of hydrogen-bond acceptors (Lipinski definition) is 3. The van der Waals surface area contributed by atoms with Crippen LogP contribution in [0, 0.1) is 5.82 Å². The fourth-order valence-corrected chi connectivity index (χ4v) is 3.59. The maximum Gasteiger partial charge on any atom is 0.165 e. The van der Waals surface area contributed by atoms with Gasteiger partial charge in [0.2, 0.25) is 0 Å². The molecule has 2 aliphatic rings. The van der Waals surface area contributed by atoms with E-state index in [2.05, 4.69) is 0 Å². The minimum Gasteiger partial charge on any atom is -0.487 e. The Morgan fingerprint density at radius 2 is 2.14 bits per heavy atom. The van der Waals surface area contributed by atoms with E-state index in [1.54, 1.807) is 6.07 Å². The molecule has 1 aromatic rings. The summed E-state index contributed by atoms with van der Waals surface area (Å²) in [6.07, 6.45) is 7.17. The summed E-state index contributed by atoms with van der Waals surface area (Å²) in [7, 11) is 0. The predicted molar refractivity (Wildman–Crippen MR) is 80.0 cm³/mol. The maximum absolute atomic E-state index is 14.1. The van der Waals surface area contributed by atoms with Crippen molar-refractivity contribution in [2.45, 2.75) is 56.7 Å². The number of nitrogens with two attached hydrogens (primary N) is 1. The Hall–Kier alpha value is -1.13. The third-order valence-electron chi connectivity index (χ3n) is 4.69. The van der Waals surface area contributed by atoms with Gasteiger partial charge in [0, 0.05) is 12.8 Å². The molecule has 1 aliphatic heterocycles. The van der Waals surface area contributed by atoms with E-state index in [9.17, 15) is 4.39 Å². The molecule has 1 aliphatic carbocycles. The lowest BCUT2D eigenvalue weighted by Crippen LogP contribution is -2.41. The molecule has 0 bridgehead atoms. The molecule has 0 amide bonds. The number of benzene rings is 1. The highest BCUT2D eigenvalue weighted by atomic mass is 19.1. The first kappa shape index (κ1) is 14.8. The standard InChI is InChI=1S/C17H24FNO2/c18-15-11-13(5-9-19)3-4-16(15)21-14-6-10-20-17(12-14)7-1-2-8-17/h3-4,11,14H,1-2,5-10,12,19H2. The van der Waals surface area contributed by atoms with Gasteiger partial charge in [-0.3, -0.25) is 0 Å². The minimum atomic E-state index is -0.284. The second kappa shape index (κ2) is 6.32. The number of halogens is 1. The lowest BCUT2D eigenvalue weighted by atomic mass is 9.90. The molecule has 1 unspecified atom stereocenters. The van der Waals surface area contributed by atoms with Crippen molar-refractivity contribution in [2.75, 3.05) is 13.2 Å². The Bertz CT molecular complexity index is 486. The summed E-state index contributed by atoms with van der Waals surface area (Å²) in [4.78, 5) is 0. The zero-order chi connectivity index (χ0) is 14.7. The van der Waals surface area contributed by atoms with Gasteiger partial charge < -0.3 is 15.2 Å². The molecule has 3 nitrogen and oxygen atoms in total. The molecule has 116 valence electrons. The van der Waals surface area contributed by atoms with Crippen molar-refractivity contribution in [1.82, 2.24) is 0 Å². The summed E-state index contributed by atoms with van der Waals surface area (Å²) in [5.41, 5.74) is 6.41. The second-order valence-corrected chi connectivity index (χ2v) is 6.27. The molecule has 0 radical (unpaired) electrons. The second-order valence-electron chi connectivity index (χ2n) is 6.27. The molecule has 2 fully saturated rings. The lowest BCUT2D eigenvalue weighted by Gasteiger charge is -2.38. The Labute approximate surface area is 125 Å². The minimum absolute atomic E-state index is 0.00111. The molecule has 1 spiro atoms. The van der Waals surface area contributed by atoms with Gasteiger partial charge in [0.1, 0.15) is 6.10 Å². The Balaban J connectivity index is 1.65. The predicted octanol–water partition coefficient (Wildman–Crippen LogP) is 3.20. The molecular weight excluding hydrogens is 269 g/mol. The van der Waals surface area contributed by atoms with Gasteiger partial charge in [-0.05, 0) is 43.5 Å². The summed E-state index contributed by atoms with van der Waals surface area (Å²) in [5.74, 6) is 0.0729. The number of hydrogen-bond donors (Lipinski definition) is 1. The van der Waals surface area contributed by atoms with Crippen LogP contribution in [0.4, 0.5) is 4.39 Å². The van der Waals surface area contributed by atoms with E-state index in [1.165, 1.54) is 18.9 Å². The third-order valence-corrected chi connectivity index (χ3v) is 4.69. The van der Waals surface area contributed by atoms with Gasteiger partial charge in [-0.1, -0.05) is 18.9 Å². The Morgan fingerprint density at radius 1 is 1.33 bits per heavy atom. The molecule has 21 heavy (non-hydrogen) atoms. The average Bonchev–Trinajstić information content (AvgIpc) is 2.90. The van der Waals surface area contributed by atoms with Gasteiger partial charge >= 0.3 is 0 Å². The van der Waals surface area contributed by atoms with E-state index in [0.29, 0.717) is 18.7 Å². The summed E-state index contributed by atoms with van der Waals surface area (Å²) >= 11 is 0. The SMILES string of the molecule is NCCc1ccc(OC2CCOC3(CCCC3)C2)c(F)c1. The quantitative estimate of drug-likeness (QED) is 0.927. The highest BCUT2D eigenvalue weighted by molar-refractivity contribution is 5.29. The summed E-state index contributed by atoms with van der Waals surface area (Å²) < 4.78 is 26.0. The topological polar surface area (TPSA) is 44.5 Å². The fraction of sp³-hybridized carbons (Fsp3) is 0.647. The largest absolute Gasteiger partial charge is 0.487 e. The zero-order valence-electron chi connectivity index (χ0n) is 12.4. The van der Waals surface area contributed by atoms with Crippen LogP contribution >= 0.6 is 0 Å². The normalized spacial score (nSPS) is 24.4. The van der Waals surface area contributed by atoms with Gasteiger partial charge in [0.25, 0.3) is 0 Å². The summed E-state index contributed by atoms with van der Waals surface area (Å²) in [5, 5.41) is 0. The molecule has 3 rings (SSSR count). The molecule has 1 aromatic carbocycles. The van der Waals surface area contributed by atoms with Gasteiger partial charge in [-0.15, -0.1) is 0 Å². The van der Waals surface area contributed by atoms with Crippen LogP contribution < -0.4 is 10.5 Å². The van der Waals surface area contributed by atoms with Crippen molar-refractivity contribution < 1.29 is 13.9 Å². The van der Waals surface area contributed by atoms with E-state index < -0.39 is 0 Å². The van der Waals surface area contributed by atoms with Crippen molar-refractivity contribution in [3.8, 4) is 5.75 Å². The number of ether oxygens (including phenoxy) is 2. The van der Waals surface area contributed by atoms with E-state index >= 15 is 0 Å². The van der Waals surface area contributed by atoms with Gasteiger partial charge in [-0.25, -0.2) is 4.39 Å². The fourth-order valence-electron chi connectivity index (χ4n) is 3.59. The third kappa shape index (κ3) is 3.38. The van der Waals surface area contributed by atoms with Crippen molar-refractivity contribution in [3.05, 3.63) is 29.6 Å². The van der Waals surface area contributed by atoms with E-state index in [0.717, 1.165) is 37.9 Å². The molecule has 1 heterocycles. The Morgan fingerprint density at radius 3 is 2.86 bits per heavy atom. The molecule has 1 saturated heterocycles. The molecular formula is C17H24FNO2. The molecule has 1 saturated carbocycles. The van der Waals surface area contributed by atoms with Crippen molar-refractivity contribution in [2.24, 2.45) is 5.73 Å². The van der Waals surface area contributed by atoms with Crippen molar-refractivity contribution in [3.63, 3.8) is 0 Å². The lowest BCUT2D eigenvalue weighted by molar-refractivity contribution is -0.108. The van der Waals surface area contributed by atoms with E-state index in [1.807, 2.05) is 6.07 Å². The first-order valence-electron chi connectivity index (χ1n) is 8.00. The van der Waals surface area contributed by atoms with E-state index in [-0.39, 0.29) is 17.5 Å². The van der Waals surface area contributed by atoms with Crippen molar-refractivity contribution in [1.29, 1.82) is 0 Å². The smallest absolute Gasteiger partial charge is 0.165 e. The van der Waals surface area contributed by atoms with Crippen LogP contribution in [0.2, 0.25) is 0 Å². The van der Waals surface area contributed by atoms with Crippen LogP contribution in [-0.4, -0.2) is 24.9 Å². The summed E-state index contributed by atoms with van der Waals surface area (Å²) in [6, 6.07) is 5.17. The highest BCUT2D eigenvalue weighted by Crippen LogP contribution is 2.41. The summed E-state index contributed by atoms with van der Waals surface area (Å²) in [6.45, 7) is 1.25. The maximum atomic E-state index is 14.1. The Kier molecular flexibility index (Phi) is 4.45. The van der Waals surface area contributed by atoms with Crippen LogP contribution in [0.5, 0.6) is 5.75 Å². The molecule has 4 heteroatoms. The monoisotopic (exact) mass is 293 g/mol. The van der Waals surface area contributed by atoms with Crippen LogP contribution in [0.25, 0.3) is 0 Å². The van der Waals surface area contributed by atoms with Crippen LogP contribution in [0.1, 0.15) is 44.1 Å². The first-order chi connectivity index (χ1) is 10.2. The number of rotatable bonds is 4. The first-order valence-corrected chi connectivity index (χ1v) is 8.00. The van der Waals surface area contributed by atoms with E-state index in [4.69, 9.17) is 15.2 Å². The van der Waals surface area contributed by atoms with Gasteiger partial charge in [0.15, 0.2) is 11.6 Å². The molecule has 0 aromatic heterocycles. The van der Waals surface area contributed by atoms with Crippen molar-refractivity contribution >= 4 is 0 Å². The van der Waals surface area contributed by atoms with Crippen LogP contribution in [0.15, 0.2) is 18.2 Å². The zero-order valence-corrected chi connectivity index (χ0v) is 12.4.